The molecule has 2 aliphatic rings. The standard InChI is InChI=1S/C20H25N5O4S2/c26-19(18-13-17(14-22-18)31(28,29)25-9-11-30-12-10-25)23-16-3-7-24(8-4-16)20(27)15-1-5-21-6-2-15/h1-2,5-6,13-14,16,22H,3-4,7-12H2,(H,23,26). The number of H-pyrrole nitrogens is 1. The first-order valence-corrected chi connectivity index (χ1v) is 12.8. The SMILES string of the molecule is O=C(NC1CCN(C(=O)c2ccncc2)CC1)c1cc(S(=O)(=O)N2CCSCC2)c[nH]1. The van der Waals surface area contributed by atoms with E-state index in [0.29, 0.717) is 44.6 Å². The fourth-order valence-electron chi connectivity index (χ4n) is 3.76. The van der Waals surface area contributed by atoms with E-state index in [4.69, 9.17) is 0 Å². The number of piperidine rings is 1. The van der Waals surface area contributed by atoms with E-state index in [9.17, 15) is 18.0 Å². The molecule has 0 atom stereocenters. The molecular formula is C20H25N5O4S2. The van der Waals surface area contributed by atoms with Gasteiger partial charge in [0, 0.05) is 67.9 Å². The molecule has 0 saturated carbocycles. The highest BCUT2D eigenvalue weighted by Gasteiger charge is 2.29. The predicted molar refractivity (Wildman–Crippen MR) is 118 cm³/mol. The van der Waals surface area contributed by atoms with Gasteiger partial charge in [0.25, 0.3) is 11.8 Å². The van der Waals surface area contributed by atoms with E-state index in [0.717, 1.165) is 11.5 Å². The molecule has 0 aromatic carbocycles. The van der Waals surface area contributed by atoms with Crippen LogP contribution in [-0.4, -0.2) is 83.1 Å². The third kappa shape index (κ3) is 4.94. The normalized spacial score (nSPS) is 18.6. The molecule has 0 unspecified atom stereocenters. The van der Waals surface area contributed by atoms with E-state index >= 15 is 0 Å². The Kier molecular flexibility index (Phi) is 6.63. The van der Waals surface area contributed by atoms with Crippen molar-refractivity contribution >= 4 is 33.6 Å². The number of hydrogen-bond acceptors (Lipinski definition) is 6. The van der Waals surface area contributed by atoms with Gasteiger partial charge in [0.2, 0.25) is 10.0 Å². The number of amides is 2. The van der Waals surface area contributed by atoms with Crippen LogP contribution in [-0.2, 0) is 10.0 Å². The zero-order chi connectivity index (χ0) is 21.8. The molecule has 31 heavy (non-hydrogen) atoms. The molecule has 4 heterocycles. The number of aromatic amines is 1. The Balaban J connectivity index is 1.32. The van der Waals surface area contributed by atoms with Gasteiger partial charge >= 0.3 is 0 Å². The summed E-state index contributed by atoms with van der Waals surface area (Å²) in [6.07, 6.45) is 5.84. The molecule has 0 bridgehead atoms. The molecule has 4 rings (SSSR count). The molecule has 2 saturated heterocycles. The Morgan fingerprint density at radius 3 is 2.45 bits per heavy atom. The lowest BCUT2D eigenvalue weighted by molar-refractivity contribution is 0.0697. The third-order valence-electron chi connectivity index (χ3n) is 5.55. The molecule has 0 aliphatic carbocycles. The summed E-state index contributed by atoms with van der Waals surface area (Å²) in [5.74, 6) is 1.18. The highest BCUT2D eigenvalue weighted by Crippen LogP contribution is 2.21. The number of likely N-dealkylation sites (tertiary alicyclic amines) is 1. The number of thioether (sulfide) groups is 1. The Labute approximate surface area is 185 Å². The summed E-state index contributed by atoms with van der Waals surface area (Å²) in [4.78, 5) is 33.8. The summed E-state index contributed by atoms with van der Waals surface area (Å²) in [7, 11) is -3.59. The molecule has 2 amide bonds. The van der Waals surface area contributed by atoms with Crippen LogP contribution in [0, 0.1) is 0 Å². The summed E-state index contributed by atoms with van der Waals surface area (Å²) >= 11 is 1.73. The summed E-state index contributed by atoms with van der Waals surface area (Å²) in [6.45, 7) is 2.06. The molecule has 9 nitrogen and oxygen atoms in total. The topological polar surface area (TPSA) is 115 Å². The van der Waals surface area contributed by atoms with Crippen LogP contribution < -0.4 is 5.32 Å². The fourth-order valence-corrected chi connectivity index (χ4v) is 6.33. The van der Waals surface area contributed by atoms with Gasteiger partial charge in [0.05, 0.1) is 0 Å². The summed E-state index contributed by atoms with van der Waals surface area (Å²) < 4.78 is 27.0. The van der Waals surface area contributed by atoms with Gasteiger partial charge in [-0.25, -0.2) is 8.42 Å². The van der Waals surface area contributed by atoms with Crippen LogP contribution >= 0.6 is 11.8 Å². The van der Waals surface area contributed by atoms with E-state index < -0.39 is 10.0 Å². The van der Waals surface area contributed by atoms with E-state index in [1.807, 2.05) is 0 Å². The first-order chi connectivity index (χ1) is 14.9. The van der Waals surface area contributed by atoms with E-state index in [-0.39, 0.29) is 28.4 Å². The number of nitrogens with one attached hydrogen (secondary N) is 2. The lowest BCUT2D eigenvalue weighted by Crippen LogP contribution is -2.46. The van der Waals surface area contributed by atoms with Crippen molar-refractivity contribution in [3.8, 4) is 0 Å². The van der Waals surface area contributed by atoms with Crippen molar-refractivity contribution in [2.24, 2.45) is 0 Å². The molecule has 2 aromatic rings. The van der Waals surface area contributed by atoms with Crippen molar-refractivity contribution in [1.29, 1.82) is 0 Å². The average molecular weight is 464 g/mol. The smallest absolute Gasteiger partial charge is 0.267 e. The van der Waals surface area contributed by atoms with E-state index in [1.165, 1.54) is 16.6 Å². The van der Waals surface area contributed by atoms with Gasteiger partial charge in [-0.1, -0.05) is 0 Å². The number of hydrogen-bond donors (Lipinski definition) is 2. The van der Waals surface area contributed by atoms with Gasteiger partial charge in [-0.15, -0.1) is 0 Å². The van der Waals surface area contributed by atoms with Crippen LogP contribution in [0.25, 0.3) is 0 Å². The number of carbonyl (C=O) groups is 2. The summed E-state index contributed by atoms with van der Waals surface area (Å²) in [6, 6.07) is 4.71. The first kappa shape index (κ1) is 21.8. The van der Waals surface area contributed by atoms with Crippen LogP contribution in [0.2, 0.25) is 0 Å². The predicted octanol–water partition coefficient (Wildman–Crippen LogP) is 1.18. The maximum atomic E-state index is 12.8. The minimum atomic E-state index is -3.59. The molecule has 11 heteroatoms. The number of carbonyl (C=O) groups excluding carboxylic acids is 2. The molecule has 2 aliphatic heterocycles. The molecule has 2 aromatic heterocycles. The first-order valence-electron chi connectivity index (χ1n) is 10.2. The second-order valence-electron chi connectivity index (χ2n) is 7.54. The monoisotopic (exact) mass is 463 g/mol. The van der Waals surface area contributed by atoms with Crippen molar-refractivity contribution in [3.63, 3.8) is 0 Å². The zero-order valence-electron chi connectivity index (χ0n) is 17.0. The molecule has 166 valence electrons. The number of nitrogens with zero attached hydrogens (tertiary/aromatic N) is 3. The Hall–Kier alpha value is -2.37. The van der Waals surface area contributed by atoms with E-state index in [1.54, 1.807) is 41.2 Å². The van der Waals surface area contributed by atoms with Gasteiger partial charge in [-0.05, 0) is 31.0 Å². The van der Waals surface area contributed by atoms with Gasteiger partial charge in [0.15, 0.2) is 0 Å². The minimum absolute atomic E-state index is 0.0393. The Bertz CT molecular complexity index is 1030. The summed E-state index contributed by atoms with van der Waals surface area (Å²) in [5, 5.41) is 2.95. The fraction of sp³-hybridized carbons (Fsp3) is 0.450. The van der Waals surface area contributed by atoms with Crippen molar-refractivity contribution in [2.45, 2.75) is 23.8 Å². The van der Waals surface area contributed by atoms with Gasteiger partial charge in [0.1, 0.15) is 10.6 Å². The molecule has 0 radical (unpaired) electrons. The van der Waals surface area contributed by atoms with Crippen LogP contribution in [0.15, 0.2) is 41.7 Å². The zero-order valence-corrected chi connectivity index (χ0v) is 18.6. The minimum Gasteiger partial charge on any atom is -0.356 e. The highest BCUT2D eigenvalue weighted by atomic mass is 32.2. The van der Waals surface area contributed by atoms with Crippen molar-refractivity contribution in [2.75, 3.05) is 37.7 Å². The highest BCUT2D eigenvalue weighted by molar-refractivity contribution is 7.99. The molecule has 2 N–H and O–H groups in total. The van der Waals surface area contributed by atoms with Gasteiger partial charge < -0.3 is 15.2 Å². The number of rotatable bonds is 5. The van der Waals surface area contributed by atoms with Crippen molar-refractivity contribution in [1.82, 2.24) is 24.5 Å². The number of aromatic nitrogens is 2. The largest absolute Gasteiger partial charge is 0.356 e. The van der Waals surface area contributed by atoms with Gasteiger partial charge in [-0.3, -0.25) is 14.6 Å². The van der Waals surface area contributed by atoms with Crippen molar-refractivity contribution in [3.05, 3.63) is 48.0 Å². The summed E-state index contributed by atoms with van der Waals surface area (Å²) in [5.41, 5.74) is 0.824. The van der Waals surface area contributed by atoms with E-state index in [2.05, 4.69) is 15.3 Å². The molecule has 0 spiro atoms. The number of sulfonamides is 1. The molecule has 2 fully saturated rings. The maximum absolute atomic E-state index is 12.8. The maximum Gasteiger partial charge on any atom is 0.267 e. The molecular weight excluding hydrogens is 438 g/mol. The third-order valence-corrected chi connectivity index (χ3v) is 8.37. The Morgan fingerprint density at radius 2 is 1.77 bits per heavy atom. The quantitative estimate of drug-likeness (QED) is 0.688. The lowest BCUT2D eigenvalue weighted by Gasteiger charge is -2.32. The van der Waals surface area contributed by atoms with Crippen molar-refractivity contribution < 1.29 is 18.0 Å². The van der Waals surface area contributed by atoms with Crippen LogP contribution in [0.4, 0.5) is 0 Å². The second-order valence-corrected chi connectivity index (χ2v) is 10.7. The van der Waals surface area contributed by atoms with Crippen LogP contribution in [0.5, 0.6) is 0 Å². The van der Waals surface area contributed by atoms with Gasteiger partial charge in [-0.2, -0.15) is 16.1 Å². The Morgan fingerprint density at radius 1 is 1.10 bits per heavy atom. The number of pyridine rings is 1. The van der Waals surface area contributed by atoms with Crippen LogP contribution in [0.1, 0.15) is 33.7 Å². The second kappa shape index (κ2) is 9.41. The van der Waals surface area contributed by atoms with Crippen LogP contribution in [0.3, 0.4) is 0 Å². The lowest BCUT2D eigenvalue weighted by atomic mass is 10.0. The average Bonchev–Trinajstić information content (AvgIpc) is 3.32.